The molecule has 4 nitrogen and oxygen atoms in total. The lowest BCUT2D eigenvalue weighted by Crippen LogP contribution is -2.35. The van der Waals surface area contributed by atoms with E-state index in [1.54, 1.807) is 0 Å². The molecule has 0 amide bonds. The van der Waals surface area contributed by atoms with E-state index in [2.05, 4.69) is 27.1 Å². The van der Waals surface area contributed by atoms with Crippen LogP contribution in [0.4, 0.5) is 5.95 Å². The minimum Gasteiger partial charge on any atom is -0.336 e. The Kier molecular flexibility index (Phi) is 2.52. The molecule has 86 valence electrons. The molecule has 0 radical (unpaired) electrons. The molecule has 0 aromatic carbocycles. The summed E-state index contributed by atoms with van der Waals surface area (Å²) in [5.74, 6) is 1.73. The molecule has 2 fully saturated rings. The van der Waals surface area contributed by atoms with Gasteiger partial charge in [0.1, 0.15) is 0 Å². The predicted molar refractivity (Wildman–Crippen MR) is 63.5 cm³/mol. The fraction of sp³-hybridized carbons (Fsp3) is 0.667. The van der Waals surface area contributed by atoms with Crippen LogP contribution < -0.4 is 10.2 Å². The zero-order chi connectivity index (χ0) is 11.0. The van der Waals surface area contributed by atoms with Crippen molar-refractivity contribution in [2.24, 2.45) is 5.92 Å². The molecule has 2 aliphatic heterocycles. The second-order valence-electron chi connectivity index (χ2n) is 4.67. The Morgan fingerprint density at radius 1 is 1.50 bits per heavy atom. The van der Waals surface area contributed by atoms with Gasteiger partial charge < -0.3 is 10.2 Å². The summed E-state index contributed by atoms with van der Waals surface area (Å²) >= 11 is 0. The Hall–Kier alpha value is -1.16. The van der Waals surface area contributed by atoms with Crippen LogP contribution in [0.3, 0.4) is 0 Å². The number of aromatic nitrogens is 2. The third-order valence-corrected chi connectivity index (χ3v) is 3.76. The van der Waals surface area contributed by atoms with E-state index < -0.39 is 0 Å². The number of nitrogens with zero attached hydrogens (tertiary/aromatic N) is 3. The maximum Gasteiger partial charge on any atom is 0.225 e. The highest BCUT2D eigenvalue weighted by molar-refractivity contribution is 5.35. The van der Waals surface area contributed by atoms with Gasteiger partial charge in [-0.2, -0.15) is 0 Å². The van der Waals surface area contributed by atoms with E-state index in [9.17, 15) is 0 Å². The second kappa shape index (κ2) is 4.01. The summed E-state index contributed by atoms with van der Waals surface area (Å²) in [4.78, 5) is 11.4. The maximum absolute atomic E-state index is 4.62. The molecule has 1 N–H and O–H groups in total. The Morgan fingerprint density at radius 2 is 2.44 bits per heavy atom. The average molecular weight is 218 g/mol. The molecule has 2 atom stereocenters. The maximum atomic E-state index is 4.62. The summed E-state index contributed by atoms with van der Waals surface area (Å²) in [5, 5.41) is 3.46. The van der Waals surface area contributed by atoms with Gasteiger partial charge in [0.25, 0.3) is 0 Å². The van der Waals surface area contributed by atoms with E-state index in [-0.39, 0.29) is 0 Å². The van der Waals surface area contributed by atoms with Crippen LogP contribution in [0.5, 0.6) is 0 Å². The largest absolute Gasteiger partial charge is 0.336 e. The molecule has 1 aromatic heterocycles. The average Bonchev–Trinajstić information content (AvgIpc) is 2.90. The first kappa shape index (κ1) is 10.0. The summed E-state index contributed by atoms with van der Waals surface area (Å²) in [6.45, 7) is 5.50. The smallest absolute Gasteiger partial charge is 0.225 e. The molecule has 16 heavy (non-hydrogen) atoms. The van der Waals surface area contributed by atoms with Crippen LogP contribution in [0.25, 0.3) is 0 Å². The van der Waals surface area contributed by atoms with E-state index in [0.717, 1.165) is 43.6 Å². The lowest BCUT2D eigenvalue weighted by Gasteiger charge is -2.23. The van der Waals surface area contributed by atoms with Crippen molar-refractivity contribution in [1.82, 2.24) is 15.3 Å². The first-order valence-electron chi connectivity index (χ1n) is 6.17. The van der Waals surface area contributed by atoms with Gasteiger partial charge in [-0.15, -0.1) is 0 Å². The van der Waals surface area contributed by atoms with Crippen molar-refractivity contribution >= 4 is 5.95 Å². The number of anilines is 1. The van der Waals surface area contributed by atoms with Gasteiger partial charge in [-0.3, -0.25) is 0 Å². The molecule has 0 saturated carbocycles. The van der Waals surface area contributed by atoms with Crippen molar-refractivity contribution in [1.29, 1.82) is 0 Å². The van der Waals surface area contributed by atoms with Crippen molar-refractivity contribution in [3.05, 3.63) is 18.0 Å². The van der Waals surface area contributed by atoms with E-state index in [1.165, 1.54) is 6.42 Å². The molecule has 0 bridgehead atoms. The molecule has 4 heteroatoms. The van der Waals surface area contributed by atoms with Crippen molar-refractivity contribution in [2.75, 3.05) is 24.5 Å². The first-order chi connectivity index (χ1) is 7.88. The standard InChI is InChI=1S/C12H18N4/c1-2-10-3-5-14-12(15-10)16-6-4-9-7-13-8-11(9)16/h3,5,9,11,13H,2,4,6-8H2,1H3/t9-,11+/m1/s1. The fourth-order valence-electron chi connectivity index (χ4n) is 2.82. The number of fused-ring (bicyclic) bond motifs is 1. The van der Waals surface area contributed by atoms with Gasteiger partial charge in [-0.1, -0.05) is 6.92 Å². The van der Waals surface area contributed by atoms with Crippen LogP contribution in [0, 0.1) is 5.92 Å². The van der Waals surface area contributed by atoms with Crippen LogP contribution in [-0.2, 0) is 6.42 Å². The SMILES string of the molecule is CCc1ccnc(N2CC[C@@H]3CNC[C@@H]32)n1. The summed E-state index contributed by atoms with van der Waals surface area (Å²) in [6, 6.07) is 2.62. The van der Waals surface area contributed by atoms with Crippen LogP contribution in [0.15, 0.2) is 12.3 Å². The molecule has 3 heterocycles. The lowest BCUT2D eigenvalue weighted by atomic mass is 10.1. The summed E-state index contributed by atoms with van der Waals surface area (Å²) in [5.41, 5.74) is 1.14. The Bertz CT molecular complexity index is 379. The van der Waals surface area contributed by atoms with Crippen molar-refractivity contribution in [3.8, 4) is 0 Å². The number of hydrogen-bond donors (Lipinski definition) is 1. The number of rotatable bonds is 2. The van der Waals surface area contributed by atoms with E-state index in [1.807, 2.05) is 12.3 Å². The van der Waals surface area contributed by atoms with Gasteiger partial charge in [0.05, 0.1) is 0 Å². The second-order valence-corrected chi connectivity index (χ2v) is 4.67. The van der Waals surface area contributed by atoms with Crippen LogP contribution in [0.1, 0.15) is 19.0 Å². The zero-order valence-corrected chi connectivity index (χ0v) is 9.69. The molecule has 0 aliphatic carbocycles. The molecule has 3 rings (SSSR count). The molecule has 0 spiro atoms. The highest BCUT2D eigenvalue weighted by atomic mass is 15.3. The first-order valence-corrected chi connectivity index (χ1v) is 6.17. The minimum absolute atomic E-state index is 0.618. The Labute approximate surface area is 96.1 Å². The van der Waals surface area contributed by atoms with Crippen molar-refractivity contribution in [2.45, 2.75) is 25.8 Å². The number of aryl methyl sites for hydroxylation is 1. The van der Waals surface area contributed by atoms with Gasteiger partial charge in [0.2, 0.25) is 5.95 Å². The quantitative estimate of drug-likeness (QED) is 0.798. The third kappa shape index (κ3) is 1.57. The zero-order valence-electron chi connectivity index (χ0n) is 9.69. The van der Waals surface area contributed by atoms with Crippen LogP contribution in [0.2, 0.25) is 0 Å². The van der Waals surface area contributed by atoms with Gasteiger partial charge in [-0.25, -0.2) is 9.97 Å². The number of nitrogens with one attached hydrogen (secondary N) is 1. The molecule has 0 unspecified atom stereocenters. The Morgan fingerprint density at radius 3 is 3.31 bits per heavy atom. The minimum atomic E-state index is 0.618. The summed E-state index contributed by atoms with van der Waals surface area (Å²) in [6.07, 6.45) is 4.14. The van der Waals surface area contributed by atoms with Crippen LogP contribution >= 0.6 is 0 Å². The molecular formula is C12H18N4. The highest BCUT2D eigenvalue weighted by Gasteiger charge is 2.38. The van der Waals surface area contributed by atoms with Gasteiger partial charge >= 0.3 is 0 Å². The van der Waals surface area contributed by atoms with Crippen molar-refractivity contribution < 1.29 is 0 Å². The van der Waals surface area contributed by atoms with Gasteiger partial charge in [-0.05, 0) is 24.8 Å². The summed E-state index contributed by atoms with van der Waals surface area (Å²) < 4.78 is 0. The molecular weight excluding hydrogens is 200 g/mol. The monoisotopic (exact) mass is 218 g/mol. The third-order valence-electron chi connectivity index (χ3n) is 3.76. The van der Waals surface area contributed by atoms with E-state index >= 15 is 0 Å². The van der Waals surface area contributed by atoms with E-state index in [0.29, 0.717) is 6.04 Å². The van der Waals surface area contributed by atoms with E-state index in [4.69, 9.17) is 0 Å². The van der Waals surface area contributed by atoms with Gasteiger partial charge in [0.15, 0.2) is 0 Å². The molecule has 1 aromatic rings. The van der Waals surface area contributed by atoms with Gasteiger partial charge in [0, 0.05) is 37.6 Å². The molecule has 2 saturated heterocycles. The predicted octanol–water partition coefficient (Wildman–Crippen LogP) is 0.837. The normalized spacial score (nSPS) is 28.4. The fourth-order valence-corrected chi connectivity index (χ4v) is 2.82. The van der Waals surface area contributed by atoms with Crippen LogP contribution in [-0.4, -0.2) is 35.6 Å². The number of hydrogen-bond acceptors (Lipinski definition) is 4. The van der Waals surface area contributed by atoms with Crippen molar-refractivity contribution in [3.63, 3.8) is 0 Å². The highest BCUT2D eigenvalue weighted by Crippen LogP contribution is 2.29. The lowest BCUT2D eigenvalue weighted by molar-refractivity contribution is 0.575. The molecule has 2 aliphatic rings. The summed E-state index contributed by atoms with van der Waals surface area (Å²) in [7, 11) is 0. The topological polar surface area (TPSA) is 41.1 Å². The Balaban J connectivity index is 1.86.